The molecule has 0 radical (unpaired) electrons. The zero-order valence-electron chi connectivity index (χ0n) is 9.14. The summed E-state index contributed by atoms with van der Waals surface area (Å²) in [5.41, 5.74) is 0.786. The molecule has 0 saturated heterocycles. The smallest absolute Gasteiger partial charge is 0.189 e. The summed E-state index contributed by atoms with van der Waals surface area (Å²) in [5.74, 6) is 0.746. The number of likely N-dealkylation sites (N-methyl/N-ethyl adjacent to an activating group) is 1. The number of rotatable bonds is 4. The van der Waals surface area contributed by atoms with E-state index >= 15 is 0 Å². The van der Waals surface area contributed by atoms with Crippen LogP contribution in [0, 0.1) is 0 Å². The Balaban J connectivity index is 2.78. The van der Waals surface area contributed by atoms with Gasteiger partial charge in [-0.25, -0.2) is 4.39 Å². The molecule has 0 fully saturated rings. The van der Waals surface area contributed by atoms with Crippen molar-refractivity contribution in [3.63, 3.8) is 0 Å². The van der Waals surface area contributed by atoms with E-state index in [0.717, 1.165) is 24.3 Å². The summed E-state index contributed by atoms with van der Waals surface area (Å²) in [6.07, 6.45) is 3.56. The number of hydrogen-bond acceptors (Lipinski definition) is 2. The highest BCUT2D eigenvalue weighted by molar-refractivity contribution is 5.28. The number of hydrogen-bond donors (Lipinski definition) is 0. The van der Waals surface area contributed by atoms with E-state index in [-0.39, 0.29) is 5.83 Å². The average Bonchev–Trinajstić information content (AvgIpc) is 2.14. The van der Waals surface area contributed by atoms with Gasteiger partial charge in [-0.1, -0.05) is 13.3 Å². The molecular formula is C11H18FNO. The van der Waals surface area contributed by atoms with Gasteiger partial charge >= 0.3 is 0 Å². The minimum atomic E-state index is -0.0298. The molecule has 14 heavy (non-hydrogen) atoms. The summed E-state index contributed by atoms with van der Waals surface area (Å²) in [5, 5.41) is 0. The molecule has 0 aromatic rings. The van der Waals surface area contributed by atoms with E-state index in [1.807, 2.05) is 27.0 Å². The van der Waals surface area contributed by atoms with Crippen molar-refractivity contribution in [3.8, 4) is 0 Å². The number of ether oxygens (including phenoxy) is 1. The maximum absolute atomic E-state index is 13.4. The Labute approximate surface area is 85.0 Å². The Hall–Kier alpha value is -0.990. The molecule has 0 spiro atoms. The normalized spacial score (nSPS) is 17.1. The van der Waals surface area contributed by atoms with E-state index in [1.165, 1.54) is 0 Å². The van der Waals surface area contributed by atoms with Crippen LogP contribution in [0.5, 0.6) is 0 Å². The zero-order chi connectivity index (χ0) is 10.6. The molecule has 1 heterocycles. The predicted molar refractivity (Wildman–Crippen MR) is 55.4 cm³/mol. The molecular weight excluding hydrogens is 181 g/mol. The van der Waals surface area contributed by atoms with E-state index < -0.39 is 0 Å². The Morgan fingerprint density at radius 2 is 2.21 bits per heavy atom. The summed E-state index contributed by atoms with van der Waals surface area (Å²) in [7, 11) is 1.84. The van der Waals surface area contributed by atoms with Crippen LogP contribution in [-0.4, -0.2) is 25.1 Å². The van der Waals surface area contributed by atoms with Crippen molar-refractivity contribution in [3.05, 3.63) is 23.4 Å². The highest BCUT2D eigenvalue weighted by Crippen LogP contribution is 2.24. The van der Waals surface area contributed by atoms with E-state index in [2.05, 4.69) is 0 Å². The quantitative estimate of drug-likeness (QED) is 0.690. The van der Waals surface area contributed by atoms with Crippen molar-refractivity contribution < 1.29 is 9.13 Å². The van der Waals surface area contributed by atoms with Gasteiger partial charge in [0.05, 0.1) is 13.2 Å². The fraction of sp³-hybridized carbons (Fsp3) is 0.636. The summed E-state index contributed by atoms with van der Waals surface area (Å²) < 4.78 is 18.8. The van der Waals surface area contributed by atoms with Crippen molar-refractivity contribution in [1.82, 2.24) is 4.90 Å². The third-order valence-electron chi connectivity index (χ3n) is 2.21. The minimum Gasteiger partial charge on any atom is -0.479 e. The van der Waals surface area contributed by atoms with Crippen molar-refractivity contribution in [1.29, 1.82) is 0 Å². The summed E-state index contributed by atoms with van der Waals surface area (Å²) >= 11 is 0. The molecule has 1 aliphatic rings. The zero-order valence-corrected chi connectivity index (χ0v) is 9.14. The van der Waals surface area contributed by atoms with Gasteiger partial charge in [0.25, 0.3) is 0 Å². The van der Waals surface area contributed by atoms with Crippen LogP contribution in [0.1, 0.15) is 26.7 Å². The number of nitrogens with zero attached hydrogens (tertiary/aromatic N) is 1. The van der Waals surface area contributed by atoms with Crippen LogP contribution >= 0.6 is 0 Å². The molecule has 3 heteroatoms. The first-order valence-corrected chi connectivity index (χ1v) is 5.12. The second-order valence-electron chi connectivity index (χ2n) is 3.45. The van der Waals surface area contributed by atoms with Crippen LogP contribution in [0.3, 0.4) is 0 Å². The molecule has 0 aromatic heterocycles. The molecule has 0 aliphatic carbocycles. The van der Waals surface area contributed by atoms with E-state index in [4.69, 9.17) is 4.74 Å². The van der Waals surface area contributed by atoms with Crippen LogP contribution in [0.2, 0.25) is 0 Å². The third kappa shape index (κ3) is 2.50. The second-order valence-corrected chi connectivity index (χ2v) is 3.45. The van der Waals surface area contributed by atoms with E-state index in [1.54, 1.807) is 4.90 Å². The van der Waals surface area contributed by atoms with Gasteiger partial charge in [-0.05, 0) is 18.9 Å². The Morgan fingerprint density at radius 1 is 1.50 bits per heavy atom. The van der Waals surface area contributed by atoms with Crippen LogP contribution in [-0.2, 0) is 4.74 Å². The SMILES string of the molecule is CCCC1=C(F)CN(C)C(OCC)=C1. The van der Waals surface area contributed by atoms with Gasteiger partial charge < -0.3 is 9.64 Å². The first-order chi connectivity index (χ1) is 6.69. The monoisotopic (exact) mass is 199 g/mol. The first kappa shape index (κ1) is 11.1. The highest BCUT2D eigenvalue weighted by Gasteiger charge is 2.17. The fourth-order valence-electron chi connectivity index (χ4n) is 1.50. The number of allylic oxidation sites excluding steroid dienone is 2. The van der Waals surface area contributed by atoms with Crippen molar-refractivity contribution in [2.45, 2.75) is 26.7 Å². The average molecular weight is 199 g/mol. The molecule has 0 bridgehead atoms. The molecule has 1 rings (SSSR count). The van der Waals surface area contributed by atoms with Gasteiger partial charge in [-0.3, -0.25) is 0 Å². The lowest BCUT2D eigenvalue weighted by molar-refractivity contribution is 0.135. The molecule has 0 amide bonds. The minimum absolute atomic E-state index is 0.0298. The maximum Gasteiger partial charge on any atom is 0.189 e. The molecule has 0 saturated carbocycles. The van der Waals surface area contributed by atoms with Crippen LogP contribution in [0.4, 0.5) is 4.39 Å². The van der Waals surface area contributed by atoms with Gasteiger partial charge in [-0.2, -0.15) is 0 Å². The molecule has 0 atom stereocenters. The summed E-state index contributed by atoms with van der Waals surface area (Å²) in [6.45, 7) is 4.94. The molecule has 2 nitrogen and oxygen atoms in total. The molecule has 0 aromatic carbocycles. The lowest BCUT2D eigenvalue weighted by Crippen LogP contribution is -2.25. The largest absolute Gasteiger partial charge is 0.479 e. The maximum atomic E-state index is 13.4. The first-order valence-electron chi connectivity index (χ1n) is 5.12. The topological polar surface area (TPSA) is 12.5 Å². The van der Waals surface area contributed by atoms with Crippen molar-refractivity contribution in [2.24, 2.45) is 0 Å². The van der Waals surface area contributed by atoms with E-state index in [9.17, 15) is 4.39 Å². The van der Waals surface area contributed by atoms with Gasteiger partial charge in [0.2, 0.25) is 0 Å². The van der Waals surface area contributed by atoms with Gasteiger partial charge in [0.1, 0.15) is 5.83 Å². The molecule has 1 aliphatic heterocycles. The van der Waals surface area contributed by atoms with Crippen molar-refractivity contribution in [2.75, 3.05) is 20.2 Å². The lowest BCUT2D eigenvalue weighted by atomic mass is 10.1. The Bertz CT molecular complexity index is 258. The Kier molecular flexibility index (Phi) is 3.98. The van der Waals surface area contributed by atoms with Gasteiger partial charge in [-0.15, -0.1) is 0 Å². The second kappa shape index (κ2) is 5.03. The summed E-state index contributed by atoms with van der Waals surface area (Å²) in [4.78, 5) is 1.79. The number of halogens is 1. The molecule has 0 unspecified atom stereocenters. The lowest BCUT2D eigenvalue weighted by Gasteiger charge is -2.26. The Morgan fingerprint density at radius 3 is 2.79 bits per heavy atom. The standard InChI is InChI=1S/C11H18FNO/c1-4-6-9-7-11(14-5-2)13(3)8-10(9)12/h7H,4-6,8H2,1-3H3. The molecule has 80 valence electrons. The van der Waals surface area contributed by atoms with E-state index in [0.29, 0.717) is 13.2 Å². The van der Waals surface area contributed by atoms with Gasteiger partial charge in [0.15, 0.2) is 5.88 Å². The molecule has 0 N–H and O–H groups in total. The van der Waals surface area contributed by atoms with Crippen LogP contribution < -0.4 is 0 Å². The highest BCUT2D eigenvalue weighted by atomic mass is 19.1. The van der Waals surface area contributed by atoms with Crippen LogP contribution in [0.25, 0.3) is 0 Å². The predicted octanol–water partition coefficient (Wildman–Crippen LogP) is 2.83. The van der Waals surface area contributed by atoms with Gasteiger partial charge in [0, 0.05) is 13.1 Å². The fourth-order valence-corrected chi connectivity index (χ4v) is 1.50. The van der Waals surface area contributed by atoms with Crippen molar-refractivity contribution >= 4 is 0 Å². The summed E-state index contributed by atoms with van der Waals surface area (Å²) in [6, 6.07) is 0. The third-order valence-corrected chi connectivity index (χ3v) is 2.21. The van der Waals surface area contributed by atoms with Crippen LogP contribution in [0.15, 0.2) is 23.4 Å².